The summed E-state index contributed by atoms with van der Waals surface area (Å²) in [5, 5.41) is 1.11. The first-order chi connectivity index (χ1) is 14.0. The number of hydrogen-bond donors (Lipinski definition) is 2. The summed E-state index contributed by atoms with van der Waals surface area (Å²) in [6, 6.07) is 15.2. The van der Waals surface area contributed by atoms with Gasteiger partial charge >= 0.3 is 0 Å². The molecular weight excluding hydrogens is 366 g/mol. The van der Waals surface area contributed by atoms with E-state index < -0.39 is 0 Å². The molecule has 0 saturated carbocycles. The van der Waals surface area contributed by atoms with Crippen molar-refractivity contribution in [3.8, 4) is 5.75 Å². The van der Waals surface area contributed by atoms with Crippen LogP contribution in [0, 0.1) is 0 Å². The summed E-state index contributed by atoms with van der Waals surface area (Å²) in [5.41, 5.74) is 9.37. The van der Waals surface area contributed by atoms with Gasteiger partial charge in [0.25, 0.3) is 0 Å². The number of amides is 2. The van der Waals surface area contributed by atoms with E-state index in [1.54, 1.807) is 7.11 Å². The van der Waals surface area contributed by atoms with Crippen molar-refractivity contribution in [1.29, 1.82) is 0 Å². The second-order valence-electron chi connectivity index (χ2n) is 7.16. The van der Waals surface area contributed by atoms with Crippen LogP contribution in [0.2, 0.25) is 0 Å². The first kappa shape index (κ1) is 20.6. The van der Waals surface area contributed by atoms with E-state index in [9.17, 15) is 9.59 Å². The number of methoxy groups -OCH3 is 1. The number of para-hydroxylation sites is 2. The van der Waals surface area contributed by atoms with Crippen LogP contribution in [-0.4, -0.2) is 41.4 Å². The maximum absolute atomic E-state index is 12.7. The highest BCUT2D eigenvalue weighted by molar-refractivity contribution is 5.94. The van der Waals surface area contributed by atoms with E-state index in [4.69, 9.17) is 10.5 Å². The van der Waals surface area contributed by atoms with Crippen molar-refractivity contribution in [1.82, 2.24) is 9.88 Å². The van der Waals surface area contributed by atoms with E-state index in [1.165, 1.54) is 11.8 Å². The van der Waals surface area contributed by atoms with Crippen molar-refractivity contribution in [2.45, 2.75) is 32.2 Å². The van der Waals surface area contributed by atoms with Gasteiger partial charge in [0.2, 0.25) is 11.8 Å². The standard InChI is InChI=1S/C23H27N3O3/c1-16(27)26(23(28)12-11-17-7-3-6-10-22(17)29-2)15-19(24)13-18-14-25-21-9-5-4-8-20(18)21/h3-10,14,19,25H,11-13,15,24H2,1-2H3. The Hall–Kier alpha value is -3.12. The summed E-state index contributed by atoms with van der Waals surface area (Å²) in [6.07, 6.45) is 3.24. The van der Waals surface area contributed by atoms with Gasteiger partial charge in [0.05, 0.1) is 7.11 Å². The van der Waals surface area contributed by atoms with Crippen molar-refractivity contribution in [2.24, 2.45) is 5.73 Å². The summed E-state index contributed by atoms with van der Waals surface area (Å²) >= 11 is 0. The van der Waals surface area contributed by atoms with Crippen LogP contribution in [-0.2, 0) is 22.4 Å². The number of nitrogens with two attached hydrogens (primary N) is 1. The molecule has 1 atom stereocenters. The lowest BCUT2D eigenvalue weighted by Crippen LogP contribution is -2.44. The van der Waals surface area contributed by atoms with Gasteiger partial charge < -0.3 is 15.5 Å². The number of carbonyl (C=O) groups is 2. The number of hydrogen-bond acceptors (Lipinski definition) is 4. The van der Waals surface area contributed by atoms with Gasteiger partial charge in [-0.25, -0.2) is 0 Å². The minimum atomic E-state index is -0.340. The molecule has 0 aliphatic heterocycles. The Kier molecular flexibility index (Phi) is 6.67. The van der Waals surface area contributed by atoms with E-state index in [1.807, 2.05) is 54.7 Å². The fraction of sp³-hybridized carbons (Fsp3) is 0.304. The van der Waals surface area contributed by atoms with Crippen LogP contribution in [0.4, 0.5) is 0 Å². The first-order valence-electron chi connectivity index (χ1n) is 9.73. The van der Waals surface area contributed by atoms with E-state index in [-0.39, 0.29) is 30.8 Å². The molecule has 6 heteroatoms. The maximum atomic E-state index is 12.7. The number of imide groups is 1. The predicted octanol–water partition coefficient (Wildman–Crippen LogP) is 3.05. The van der Waals surface area contributed by atoms with Crippen LogP contribution in [0.1, 0.15) is 24.5 Å². The molecule has 29 heavy (non-hydrogen) atoms. The topological polar surface area (TPSA) is 88.4 Å². The molecule has 0 aliphatic carbocycles. The number of ether oxygens (including phenoxy) is 1. The number of aromatic nitrogens is 1. The molecule has 3 rings (SSSR count). The number of H-pyrrole nitrogens is 1. The highest BCUT2D eigenvalue weighted by atomic mass is 16.5. The Bertz CT molecular complexity index is 996. The minimum Gasteiger partial charge on any atom is -0.496 e. The Balaban J connectivity index is 1.63. The monoisotopic (exact) mass is 393 g/mol. The van der Waals surface area contributed by atoms with Gasteiger partial charge in [-0.2, -0.15) is 0 Å². The van der Waals surface area contributed by atoms with Crippen LogP contribution in [0.5, 0.6) is 5.75 Å². The lowest BCUT2D eigenvalue weighted by Gasteiger charge is -2.23. The number of nitrogens with one attached hydrogen (secondary N) is 1. The van der Waals surface area contributed by atoms with Crippen molar-refractivity contribution in [3.63, 3.8) is 0 Å². The Morgan fingerprint density at radius 1 is 1.10 bits per heavy atom. The Morgan fingerprint density at radius 3 is 2.59 bits per heavy atom. The maximum Gasteiger partial charge on any atom is 0.229 e. The molecule has 1 unspecified atom stereocenters. The molecule has 3 aromatic rings. The van der Waals surface area contributed by atoms with E-state index in [2.05, 4.69) is 4.98 Å². The molecule has 152 valence electrons. The summed E-state index contributed by atoms with van der Waals surface area (Å²) < 4.78 is 5.33. The van der Waals surface area contributed by atoms with Gasteiger partial charge in [-0.15, -0.1) is 0 Å². The van der Waals surface area contributed by atoms with Crippen molar-refractivity contribution in [2.75, 3.05) is 13.7 Å². The van der Waals surface area contributed by atoms with E-state index in [0.29, 0.717) is 12.8 Å². The average molecular weight is 393 g/mol. The zero-order valence-corrected chi connectivity index (χ0v) is 16.9. The lowest BCUT2D eigenvalue weighted by atomic mass is 10.0. The fourth-order valence-electron chi connectivity index (χ4n) is 3.57. The number of fused-ring (bicyclic) bond motifs is 1. The summed E-state index contributed by atoms with van der Waals surface area (Å²) in [5.74, 6) is 0.230. The van der Waals surface area contributed by atoms with Crippen molar-refractivity contribution < 1.29 is 14.3 Å². The second kappa shape index (κ2) is 9.39. The van der Waals surface area contributed by atoms with E-state index in [0.717, 1.165) is 27.8 Å². The van der Waals surface area contributed by atoms with Gasteiger partial charge in [-0.3, -0.25) is 14.5 Å². The molecule has 0 fully saturated rings. The van der Waals surface area contributed by atoms with E-state index >= 15 is 0 Å². The number of carbonyl (C=O) groups excluding carboxylic acids is 2. The van der Waals surface area contributed by atoms with Crippen LogP contribution < -0.4 is 10.5 Å². The highest BCUT2D eigenvalue weighted by Gasteiger charge is 2.21. The molecule has 0 saturated heterocycles. The van der Waals surface area contributed by atoms with Gasteiger partial charge in [0.15, 0.2) is 0 Å². The molecule has 1 heterocycles. The second-order valence-corrected chi connectivity index (χ2v) is 7.16. The molecule has 2 amide bonds. The molecular formula is C23H27N3O3. The van der Waals surface area contributed by atoms with Crippen LogP contribution in [0.25, 0.3) is 10.9 Å². The van der Waals surface area contributed by atoms with Gasteiger partial charge in [0, 0.05) is 43.0 Å². The number of benzene rings is 2. The number of nitrogens with zero attached hydrogens (tertiary/aromatic N) is 1. The highest BCUT2D eigenvalue weighted by Crippen LogP contribution is 2.20. The minimum absolute atomic E-state index is 0.194. The van der Waals surface area contributed by atoms with Gasteiger partial charge in [-0.05, 0) is 36.1 Å². The number of aromatic amines is 1. The molecule has 0 aliphatic rings. The van der Waals surface area contributed by atoms with Crippen LogP contribution >= 0.6 is 0 Å². The third kappa shape index (κ3) is 5.03. The number of aryl methyl sites for hydroxylation is 1. The molecule has 0 radical (unpaired) electrons. The zero-order chi connectivity index (χ0) is 20.8. The SMILES string of the molecule is COc1ccccc1CCC(=O)N(CC(N)Cc1c[nH]c2ccccc12)C(C)=O. The average Bonchev–Trinajstić information content (AvgIpc) is 3.13. The van der Waals surface area contributed by atoms with Crippen molar-refractivity contribution >= 4 is 22.7 Å². The quantitative estimate of drug-likeness (QED) is 0.616. The Morgan fingerprint density at radius 2 is 1.83 bits per heavy atom. The van der Waals surface area contributed by atoms with Crippen LogP contribution in [0.15, 0.2) is 54.7 Å². The molecule has 0 bridgehead atoms. The summed E-state index contributed by atoms with van der Waals surface area (Å²) in [6.45, 7) is 1.60. The lowest BCUT2D eigenvalue weighted by molar-refractivity contribution is -0.143. The summed E-state index contributed by atoms with van der Waals surface area (Å²) in [7, 11) is 1.60. The largest absolute Gasteiger partial charge is 0.496 e. The number of rotatable bonds is 8. The molecule has 1 aromatic heterocycles. The molecule has 6 nitrogen and oxygen atoms in total. The Labute approximate surface area is 170 Å². The third-order valence-corrected chi connectivity index (χ3v) is 5.06. The molecule has 0 spiro atoms. The predicted molar refractivity (Wildman–Crippen MR) is 114 cm³/mol. The molecule has 3 N–H and O–H groups in total. The fourth-order valence-corrected chi connectivity index (χ4v) is 3.57. The molecule has 2 aromatic carbocycles. The zero-order valence-electron chi connectivity index (χ0n) is 16.9. The van der Waals surface area contributed by atoms with Crippen LogP contribution in [0.3, 0.4) is 0 Å². The van der Waals surface area contributed by atoms with Crippen molar-refractivity contribution in [3.05, 3.63) is 65.9 Å². The normalized spacial score (nSPS) is 12.0. The third-order valence-electron chi connectivity index (χ3n) is 5.06. The van der Waals surface area contributed by atoms with Gasteiger partial charge in [-0.1, -0.05) is 36.4 Å². The summed E-state index contributed by atoms with van der Waals surface area (Å²) in [4.78, 5) is 29.3. The smallest absolute Gasteiger partial charge is 0.229 e. The van der Waals surface area contributed by atoms with Gasteiger partial charge in [0.1, 0.15) is 5.75 Å². The first-order valence-corrected chi connectivity index (χ1v) is 9.73.